The number of aliphatic hydroxyl groups excluding tert-OH is 3. The second-order valence-electron chi connectivity index (χ2n) is 9.85. The van der Waals surface area contributed by atoms with E-state index in [9.17, 15) is 34.8 Å². The summed E-state index contributed by atoms with van der Waals surface area (Å²) >= 11 is 0. The summed E-state index contributed by atoms with van der Waals surface area (Å²) in [6.07, 6.45) is -9.48. The molecule has 0 aliphatic carbocycles. The fourth-order valence-electron chi connectivity index (χ4n) is 5.25. The number of carbonyl (C=O) groups is 2. The number of rotatable bonds is 7. The number of hydrogen-bond donors (Lipinski definition) is 4. The SMILES string of the molecule is [2H]C([2H])([2H])C([2H])(C)N1CC(C(c2ccccc2)c2ccccc2)n2ncc(=O)c(OC3OC(C(=O)O)C(O)C(O)C3O)c2C1=O. The van der Waals surface area contributed by atoms with E-state index in [4.69, 9.17) is 15.0 Å². The van der Waals surface area contributed by atoms with Crippen molar-refractivity contribution in [1.29, 1.82) is 0 Å². The Balaban J connectivity index is 1.72. The topological polar surface area (TPSA) is 172 Å². The molecule has 0 spiro atoms. The lowest BCUT2D eigenvalue weighted by Crippen LogP contribution is -2.61. The smallest absolute Gasteiger partial charge is 0.335 e. The molecule has 2 aliphatic rings. The van der Waals surface area contributed by atoms with Crippen molar-refractivity contribution < 1.29 is 45.0 Å². The third-order valence-corrected chi connectivity index (χ3v) is 7.25. The molecule has 0 saturated carbocycles. The normalized spacial score (nSPS) is 29.4. The number of hydrogen-bond acceptors (Lipinski definition) is 9. The second-order valence-corrected chi connectivity index (χ2v) is 9.85. The van der Waals surface area contributed by atoms with E-state index in [0.29, 0.717) is 0 Å². The average Bonchev–Trinajstić information content (AvgIpc) is 2.99. The molecule has 12 nitrogen and oxygen atoms in total. The number of aliphatic hydroxyl groups is 3. The Bertz CT molecular complexity index is 1580. The minimum absolute atomic E-state index is 0.331. The van der Waals surface area contributed by atoms with Crippen LogP contribution in [-0.4, -0.2) is 90.3 Å². The summed E-state index contributed by atoms with van der Waals surface area (Å²) in [6.45, 7) is -2.29. The van der Waals surface area contributed by atoms with Crippen LogP contribution in [0, 0.1) is 0 Å². The third-order valence-electron chi connectivity index (χ3n) is 7.25. The standard InChI is InChI=1S/C29H31N3O9/c1-15(2)31-14-18(20(16-9-5-3-6-10-16)17-11-7-4-8-12-17)32-21(27(31)37)25(19(33)13-30-32)40-29-24(36)22(34)23(35)26(41-29)28(38)39/h3-13,15,18,20,22-24,26,29,34-36H,14H2,1-2H3,(H,38,39)/i1D3,15D. The van der Waals surface area contributed by atoms with Gasteiger partial charge in [0, 0.05) is 22.6 Å². The lowest BCUT2D eigenvalue weighted by molar-refractivity contribution is -0.271. The Morgan fingerprint density at radius 2 is 1.66 bits per heavy atom. The molecule has 2 aromatic carbocycles. The van der Waals surface area contributed by atoms with E-state index >= 15 is 0 Å². The highest BCUT2D eigenvalue weighted by molar-refractivity contribution is 5.96. The van der Waals surface area contributed by atoms with E-state index in [-0.39, 0.29) is 6.54 Å². The first-order valence-corrected chi connectivity index (χ1v) is 12.8. The Labute approximate surface area is 240 Å². The zero-order chi connectivity index (χ0) is 32.8. The molecular weight excluding hydrogens is 534 g/mol. The molecule has 41 heavy (non-hydrogen) atoms. The summed E-state index contributed by atoms with van der Waals surface area (Å²) in [5.74, 6) is -4.21. The van der Waals surface area contributed by atoms with Gasteiger partial charge in [-0.3, -0.25) is 14.3 Å². The van der Waals surface area contributed by atoms with Gasteiger partial charge in [0.25, 0.3) is 5.91 Å². The number of carboxylic acid groups (broad SMARTS) is 1. The molecule has 1 fully saturated rings. The van der Waals surface area contributed by atoms with Crippen molar-refractivity contribution in [3.63, 3.8) is 0 Å². The Kier molecular flexibility index (Phi) is 6.57. The molecule has 1 aromatic heterocycles. The van der Waals surface area contributed by atoms with Crippen LogP contribution < -0.4 is 10.2 Å². The van der Waals surface area contributed by atoms with Gasteiger partial charge in [-0.25, -0.2) is 4.79 Å². The lowest BCUT2D eigenvalue weighted by atomic mass is 9.83. The number of carboxylic acids is 1. The number of aliphatic carboxylic acids is 1. The number of fused-ring (bicyclic) bond motifs is 1. The molecule has 1 saturated heterocycles. The van der Waals surface area contributed by atoms with E-state index in [1.165, 1.54) is 4.68 Å². The Morgan fingerprint density at radius 3 is 2.22 bits per heavy atom. The predicted octanol–water partition coefficient (Wildman–Crippen LogP) is 0.752. The van der Waals surface area contributed by atoms with E-state index in [1.807, 2.05) is 24.3 Å². The molecule has 3 heterocycles. The van der Waals surface area contributed by atoms with Gasteiger partial charge in [0.2, 0.25) is 17.5 Å². The minimum Gasteiger partial charge on any atom is -0.479 e. The van der Waals surface area contributed by atoms with E-state index < -0.39 is 84.3 Å². The highest BCUT2D eigenvalue weighted by atomic mass is 16.7. The number of nitrogens with zero attached hydrogens (tertiary/aromatic N) is 3. The van der Waals surface area contributed by atoms with Crippen molar-refractivity contribution >= 4 is 11.9 Å². The summed E-state index contributed by atoms with van der Waals surface area (Å²) in [5.41, 5.74) is -0.119. The first kappa shape index (κ1) is 23.6. The molecule has 3 aromatic rings. The predicted molar refractivity (Wildman–Crippen MR) is 143 cm³/mol. The maximum atomic E-state index is 14.1. The van der Waals surface area contributed by atoms with Crippen LogP contribution in [0.3, 0.4) is 0 Å². The third kappa shape index (κ3) is 5.22. The summed E-state index contributed by atoms with van der Waals surface area (Å²) in [6, 6.07) is 14.7. The Morgan fingerprint density at radius 1 is 1.05 bits per heavy atom. The molecule has 2 aliphatic heterocycles. The van der Waals surface area contributed by atoms with Gasteiger partial charge in [0.1, 0.15) is 18.3 Å². The first-order chi connectivity index (χ1) is 21.1. The van der Waals surface area contributed by atoms with Gasteiger partial charge in [0.05, 0.1) is 13.6 Å². The summed E-state index contributed by atoms with van der Waals surface area (Å²) < 4.78 is 45.0. The fourth-order valence-corrected chi connectivity index (χ4v) is 5.25. The van der Waals surface area contributed by atoms with Crippen LogP contribution >= 0.6 is 0 Å². The molecular formula is C29H31N3O9. The maximum Gasteiger partial charge on any atom is 0.335 e. The lowest BCUT2D eigenvalue weighted by Gasteiger charge is -2.42. The number of amides is 1. The highest BCUT2D eigenvalue weighted by Gasteiger charge is 2.49. The van der Waals surface area contributed by atoms with E-state index in [2.05, 4.69) is 5.10 Å². The van der Waals surface area contributed by atoms with Crippen molar-refractivity contribution in [2.75, 3.05) is 6.54 Å². The van der Waals surface area contributed by atoms with Crippen LogP contribution in [0.5, 0.6) is 5.75 Å². The number of aromatic nitrogens is 2. The van der Waals surface area contributed by atoms with Gasteiger partial charge in [-0.2, -0.15) is 5.10 Å². The molecule has 0 bridgehead atoms. The van der Waals surface area contributed by atoms with Crippen LogP contribution in [0.1, 0.15) is 52.8 Å². The largest absolute Gasteiger partial charge is 0.479 e. The zero-order valence-corrected chi connectivity index (χ0v) is 21.8. The number of carbonyl (C=O) groups excluding carboxylic acids is 1. The molecule has 216 valence electrons. The van der Waals surface area contributed by atoms with Crippen molar-refractivity contribution in [1.82, 2.24) is 14.7 Å². The van der Waals surface area contributed by atoms with E-state index in [0.717, 1.165) is 29.1 Å². The van der Waals surface area contributed by atoms with Gasteiger partial charge in [0.15, 0.2) is 11.8 Å². The Hall–Kier alpha value is -4.10. The van der Waals surface area contributed by atoms with Crippen molar-refractivity contribution in [3.8, 4) is 5.75 Å². The molecule has 7 unspecified atom stereocenters. The first-order valence-electron chi connectivity index (χ1n) is 14.8. The molecule has 7 atom stereocenters. The monoisotopic (exact) mass is 569 g/mol. The van der Waals surface area contributed by atoms with Gasteiger partial charge in [-0.1, -0.05) is 60.7 Å². The highest BCUT2D eigenvalue weighted by Crippen LogP contribution is 2.40. The summed E-state index contributed by atoms with van der Waals surface area (Å²) in [4.78, 5) is 39.8. The molecule has 1 amide bonds. The van der Waals surface area contributed by atoms with Crippen molar-refractivity contribution in [2.45, 2.75) is 62.5 Å². The molecule has 12 heteroatoms. The minimum atomic E-state index is -3.01. The van der Waals surface area contributed by atoms with Gasteiger partial charge in [-0.15, -0.1) is 0 Å². The average molecular weight is 570 g/mol. The van der Waals surface area contributed by atoms with Crippen LogP contribution in [0.4, 0.5) is 0 Å². The summed E-state index contributed by atoms with van der Waals surface area (Å²) in [7, 11) is 0. The number of ether oxygens (including phenoxy) is 2. The van der Waals surface area contributed by atoms with E-state index in [1.54, 1.807) is 36.4 Å². The fraction of sp³-hybridized carbons (Fsp3) is 0.379. The van der Waals surface area contributed by atoms with Crippen molar-refractivity contribution in [2.24, 2.45) is 0 Å². The summed E-state index contributed by atoms with van der Waals surface area (Å²) in [5, 5.41) is 44.6. The van der Waals surface area contributed by atoms with Gasteiger partial charge < -0.3 is 34.8 Å². The molecule has 4 N–H and O–H groups in total. The maximum absolute atomic E-state index is 14.1. The van der Waals surface area contributed by atoms with Crippen LogP contribution in [0.15, 0.2) is 71.7 Å². The second kappa shape index (κ2) is 11.4. The van der Waals surface area contributed by atoms with Gasteiger partial charge >= 0.3 is 5.97 Å². The van der Waals surface area contributed by atoms with Crippen molar-refractivity contribution in [3.05, 3.63) is 93.9 Å². The van der Waals surface area contributed by atoms with Crippen LogP contribution in [0.25, 0.3) is 0 Å². The molecule has 5 rings (SSSR count). The van der Waals surface area contributed by atoms with Crippen LogP contribution in [-0.2, 0) is 9.53 Å². The molecule has 0 radical (unpaired) electrons. The van der Waals surface area contributed by atoms with Crippen LogP contribution in [0.2, 0.25) is 0 Å². The zero-order valence-electron chi connectivity index (χ0n) is 25.8. The quantitative estimate of drug-likeness (QED) is 0.318. The number of benzene rings is 2. The van der Waals surface area contributed by atoms with Gasteiger partial charge in [-0.05, 0) is 24.9 Å².